The molecule has 3 heterocycles. The summed E-state index contributed by atoms with van der Waals surface area (Å²) in [5, 5.41) is 1.17. The Labute approximate surface area is 262 Å². The average Bonchev–Trinajstić information content (AvgIpc) is 3.13. The summed E-state index contributed by atoms with van der Waals surface area (Å²) in [4.78, 5) is 30.8. The first-order valence-electron chi connectivity index (χ1n) is 14.3. The van der Waals surface area contributed by atoms with Crippen LogP contribution in [0.3, 0.4) is 0 Å². The van der Waals surface area contributed by atoms with Crippen LogP contribution in [-0.4, -0.2) is 67.9 Å². The number of hydrogen-bond acceptors (Lipinski definition) is 6. The molecular weight excluding hydrogens is 581 g/mol. The number of likely N-dealkylation sites (N-methyl/N-ethyl adjacent to an activating group) is 1. The molecule has 4 aromatic rings. The molecule has 1 fully saturated rings. The van der Waals surface area contributed by atoms with Gasteiger partial charge < -0.3 is 19.4 Å². The Morgan fingerprint density at radius 1 is 0.930 bits per heavy atom. The SMILES string of the molecule is COc1ccc(CN2C(=O)C(Cc3ccccc3Cl)N=C(c3ccc(N4CCN(C)CC4)nc3)c3cc(Cl)ccc32)cc1. The van der Waals surface area contributed by atoms with Crippen molar-refractivity contribution in [3.05, 3.63) is 117 Å². The third-order valence-corrected chi connectivity index (χ3v) is 8.66. The van der Waals surface area contributed by atoms with Crippen LogP contribution in [0.15, 0.2) is 90.1 Å². The number of amides is 1. The van der Waals surface area contributed by atoms with Crippen molar-refractivity contribution in [2.45, 2.75) is 19.0 Å². The number of fused-ring (bicyclic) bond motifs is 1. The van der Waals surface area contributed by atoms with Gasteiger partial charge in [-0.1, -0.05) is 53.5 Å². The maximum atomic E-state index is 14.4. The first-order valence-corrected chi connectivity index (χ1v) is 15.1. The molecule has 0 spiro atoms. The monoisotopic (exact) mass is 613 g/mol. The minimum atomic E-state index is -0.711. The molecule has 0 aliphatic carbocycles. The van der Waals surface area contributed by atoms with E-state index in [4.69, 9.17) is 37.9 Å². The standard InChI is InChI=1S/C34H33Cl2N5O2/c1-39-15-17-40(18-16-39)32-14-9-25(21-37-32)33-28-20-26(35)10-13-31(28)41(22-23-7-11-27(43-2)12-8-23)34(42)30(38-33)19-24-5-3-4-6-29(24)36/h3-14,20-21,30H,15-19,22H2,1-2H3. The Kier molecular flexibility index (Phi) is 8.66. The lowest BCUT2D eigenvalue weighted by Gasteiger charge is -2.33. The van der Waals surface area contributed by atoms with Crippen molar-refractivity contribution < 1.29 is 9.53 Å². The second kappa shape index (κ2) is 12.8. The lowest BCUT2D eigenvalue weighted by molar-refractivity contribution is -0.119. The Morgan fingerprint density at radius 2 is 1.70 bits per heavy atom. The van der Waals surface area contributed by atoms with Gasteiger partial charge >= 0.3 is 0 Å². The first-order chi connectivity index (χ1) is 20.9. The topological polar surface area (TPSA) is 61.3 Å². The van der Waals surface area contributed by atoms with Gasteiger partial charge in [0.25, 0.3) is 5.91 Å². The van der Waals surface area contributed by atoms with Crippen LogP contribution >= 0.6 is 23.2 Å². The zero-order valence-electron chi connectivity index (χ0n) is 24.2. The lowest BCUT2D eigenvalue weighted by Crippen LogP contribution is -2.44. The summed E-state index contributed by atoms with van der Waals surface area (Å²) in [6.45, 7) is 4.21. The third kappa shape index (κ3) is 6.39. The van der Waals surface area contributed by atoms with Gasteiger partial charge in [-0.2, -0.15) is 0 Å². The van der Waals surface area contributed by atoms with Gasteiger partial charge in [0, 0.05) is 60.0 Å². The Hall–Kier alpha value is -3.91. The molecule has 1 aromatic heterocycles. The minimum absolute atomic E-state index is 0.115. The minimum Gasteiger partial charge on any atom is -0.497 e. The number of hydrogen-bond donors (Lipinski definition) is 0. The second-order valence-electron chi connectivity index (χ2n) is 10.9. The fourth-order valence-electron chi connectivity index (χ4n) is 5.57. The van der Waals surface area contributed by atoms with E-state index in [0.717, 1.165) is 65.7 Å². The molecule has 1 unspecified atom stereocenters. The number of ether oxygens (including phenoxy) is 1. The number of nitrogens with zero attached hydrogens (tertiary/aromatic N) is 5. The smallest absolute Gasteiger partial charge is 0.252 e. The number of anilines is 2. The van der Waals surface area contributed by atoms with E-state index in [1.54, 1.807) is 12.0 Å². The highest BCUT2D eigenvalue weighted by atomic mass is 35.5. The summed E-state index contributed by atoms with van der Waals surface area (Å²) in [5.74, 6) is 1.58. The number of aromatic nitrogens is 1. The zero-order valence-corrected chi connectivity index (χ0v) is 25.7. The number of rotatable bonds is 7. The van der Waals surface area contributed by atoms with E-state index in [1.807, 2.05) is 85.1 Å². The molecule has 220 valence electrons. The number of carbonyl (C=O) groups excluding carboxylic acids is 1. The molecule has 6 rings (SSSR count). The molecule has 1 atom stereocenters. The summed E-state index contributed by atoms with van der Waals surface area (Å²) < 4.78 is 5.34. The molecule has 9 heteroatoms. The number of piperazine rings is 1. The van der Waals surface area contributed by atoms with Gasteiger partial charge in [-0.05, 0) is 66.7 Å². The van der Waals surface area contributed by atoms with E-state index in [0.29, 0.717) is 28.7 Å². The van der Waals surface area contributed by atoms with Gasteiger partial charge in [0.05, 0.1) is 25.1 Å². The Morgan fingerprint density at radius 3 is 2.40 bits per heavy atom. The van der Waals surface area contributed by atoms with Crippen molar-refractivity contribution >= 4 is 46.3 Å². The molecule has 0 N–H and O–H groups in total. The molecule has 0 radical (unpaired) electrons. The summed E-state index contributed by atoms with van der Waals surface area (Å²) in [7, 11) is 3.77. The molecule has 43 heavy (non-hydrogen) atoms. The van der Waals surface area contributed by atoms with Crippen molar-refractivity contribution in [2.24, 2.45) is 4.99 Å². The summed E-state index contributed by atoms with van der Waals surface area (Å²) in [6, 6.07) is 24.3. The number of carbonyl (C=O) groups is 1. The van der Waals surface area contributed by atoms with Crippen LogP contribution in [0.4, 0.5) is 11.5 Å². The molecule has 2 aliphatic heterocycles. The largest absolute Gasteiger partial charge is 0.497 e. The van der Waals surface area contributed by atoms with Gasteiger partial charge in [-0.3, -0.25) is 9.79 Å². The van der Waals surface area contributed by atoms with E-state index in [9.17, 15) is 4.79 Å². The summed E-state index contributed by atoms with van der Waals surface area (Å²) >= 11 is 13.1. The van der Waals surface area contributed by atoms with Crippen LogP contribution < -0.4 is 14.5 Å². The van der Waals surface area contributed by atoms with Crippen LogP contribution in [0, 0.1) is 0 Å². The molecule has 1 saturated heterocycles. The number of methoxy groups -OCH3 is 1. The number of benzodiazepines with no additional fused rings is 1. The second-order valence-corrected chi connectivity index (χ2v) is 11.8. The zero-order chi connectivity index (χ0) is 29.9. The number of benzene rings is 3. The molecule has 2 aliphatic rings. The number of aliphatic imine (C=N–C) groups is 1. The average molecular weight is 615 g/mol. The van der Waals surface area contributed by atoms with E-state index in [2.05, 4.69) is 16.8 Å². The quantitative estimate of drug-likeness (QED) is 0.250. The molecule has 3 aromatic carbocycles. The molecular formula is C34H33Cl2N5O2. The Bertz CT molecular complexity index is 1630. The predicted octanol–water partition coefficient (Wildman–Crippen LogP) is 6.14. The molecule has 0 saturated carbocycles. The van der Waals surface area contributed by atoms with E-state index in [-0.39, 0.29) is 5.91 Å². The van der Waals surface area contributed by atoms with Crippen molar-refractivity contribution in [2.75, 3.05) is 50.1 Å². The van der Waals surface area contributed by atoms with Crippen LogP contribution in [-0.2, 0) is 17.8 Å². The highest BCUT2D eigenvalue weighted by Crippen LogP contribution is 2.34. The summed E-state index contributed by atoms with van der Waals surface area (Å²) in [5.41, 5.74) is 4.86. The van der Waals surface area contributed by atoms with Gasteiger partial charge in [0.1, 0.15) is 17.6 Å². The van der Waals surface area contributed by atoms with E-state index >= 15 is 0 Å². The lowest BCUT2D eigenvalue weighted by atomic mass is 10.0. The van der Waals surface area contributed by atoms with Gasteiger partial charge in [-0.25, -0.2) is 4.98 Å². The van der Waals surface area contributed by atoms with Crippen LogP contribution in [0.5, 0.6) is 5.75 Å². The highest BCUT2D eigenvalue weighted by Gasteiger charge is 2.33. The molecule has 7 nitrogen and oxygen atoms in total. The van der Waals surface area contributed by atoms with E-state index in [1.165, 1.54) is 0 Å². The fourth-order valence-corrected chi connectivity index (χ4v) is 5.96. The van der Waals surface area contributed by atoms with Gasteiger partial charge in [0.2, 0.25) is 0 Å². The fraction of sp³-hybridized carbons (Fsp3) is 0.265. The first kappa shape index (κ1) is 29.2. The predicted molar refractivity (Wildman–Crippen MR) is 174 cm³/mol. The normalized spacial score (nSPS) is 17.3. The van der Waals surface area contributed by atoms with Crippen LogP contribution in [0.1, 0.15) is 22.3 Å². The van der Waals surface area contributed by atoms with Crippen molar-refractivity contribution in [3.8, 4) is 5.75 Å². The van der Waals surface area contributed by atoms with Crippen LogP contribution in [0.2, 0.25) is 10.0 Å². The van der Waals surface area contributed by atoms with E-state index < -0.39 is 6.04 Å². The molecule has 0 bridgehead atoms. The highest BCUT2D eigenvalue weighted by molar-refractivity contribution is 6.32. The third-order valence-electron chi connectivity index (χ3n) is 8.06. The van der Waals surface area contributed by atoms with Gasteiger partial charge in [0.15, 0.2) is 0 Å². The molecule has 1 amide bonds. The van der Waals surface area contributed by atoms with Crippen molar-refractivity contribution in [1.82, 2.24) is 9.88 Å². The van der Waals surface area contributed by atoms with Crippen molar-refractivity contribution in [3.63, 3.8) is 0 Å². The number of halogens is 2. The maximum Gasteiger partial charge on any atom is 0.252 e. The van der Waals surface area contributed by atoms with Gasteiger partial charge in [-0.15, -0.1) is 0 Å². The summed E-state index contributed by atoms with van der Waals surface area (Å²) in [6.07, 6.45) is 2.21. The van der Waals surface area contributed by atoms with Crippen molar-refractivity contribution in [1.29, 1.82) is 0 Å². The Balaban J connectivity index is 1.43. The maximum absolute atomic E-state index is 14.4. The number of pyridine rings is 1. The van der Waals surface area contributed by atoms with Crippen LogP contribution in [0.25, 0.3) is 0 Å².